The first-order valence-corrected chi connectivity index (χ1v) is 3.88. The molecule has 1 rings (SSSR count). The molecule has 1 aromatic carbocycles. The fourth-order valence-electron chi connectivity index (χ4n) is 1.13. The highest BCUT2D eigenvalue weighted by atomic mass is 16.3. The molecule has 0 amide bonds. The maximum absolute atomic E-state index is 9.97. The first-order valence-electron chi connectivity index (χ1n) is 3.88. The van der Waals surface area contributed by atoms with E-state index >= 15 is 0 Å². The van der Waals surface area contributed by atoms with Gasteiger partial charge in [-0.2, -0.15) is 4.91 Å². The molecule has 0 spiro atoms. The lowest BCUT2D eigenvalue weighted by Gasteiger charge is -2.04. The van der Waals surface area contributed by atoms with E-state index in [1.54, 1.807) is 6.07 Å². The molecule has 1 N–H and O–H groups in total. The Balaban J connectivity index is 3.04. The molecule has 1 aromatic rings. The third-order valence-electron chi connectivity index (χ3n) is 1.82. The van der Waals surface area contributed by atoms with Gasteiger partial charge in [0.1, 0.15) is 12.3 Å². The number of benzene rings is 1. The number of nitroso groups, excluding NO2 is 1. The summed E-state index contributed by atoms with van der Waals surface area (Å²) >= 11 is 0. The van der Waals surface area contributed by atoms with Gasteiger partial charge in [0.05, 0.1) is 0 Å². The average Bonchev–Trinajstić information content (AvgIpc) is 2.09. The van der Waals surface area contributed by atoms with Crippen molar-refractivity contribution in [3.8, 4) is 5.75 Å². The Morgan fingerprint density at radius 2 is 2.08 bits per heavy atom. The number of phenolic OH excluding ortho intramolecular Hbond substituents is 1. The Morgan fingerprint density at radius 3 is 2.67 bits per heavy atom. The smallest absolute Gasteiger partial charge is 0.123 e. The topological polar surface area (TPSA) is 49.7 Å². The van der Waals surface area contributed by atoms with Gasteiger partial charge in [-0.1, -0.05) is 30.3 Å². The molecule has 0 aliphatic heterocycles. The zero-order valence-electron chi connectivity index (χ0n) is 6.95. The second-order valence-corrected chi connectivity index (χ2v) is 2.57. The lowest BCUT2D eigenvalue weighted by molar-refractivity contribution is 0.462. The molecule has 0 aliphatic rings. The summed E-state index contributed by atoms with van der Waals surface area (Å²) in [6, 6.07) is 5.36. The van der Waals surface area contributed by atoms with Crippen LogP contribution in [-0.4, -0.2) is 5.11 Å². The highest BCUT2D eigenvalue weighted by Crippen LogP contribution is 2.23. The minimum atomic E-state index is 0.0413. The minimum Gasteiger partial charge on any atom is -0.507 e. The first-order chi connectivity index (χ1) is 5.79. The summed E-state index contributed by atoms with van der Waals surface area (Å²) in [4.78, 5) is 9.97. The monoisotopic (exact) mass is 165 g/mol. The van der Waals surface area contributed by atoms with Crippen molar-refractivity contribution in [1.29, 1.82) is 0 Å². The Morgan fingerprint density at radius 1 is 1.42 bits per heavy atom. The number of rotatable bonds is 3. The van der Waals surface area contributed by atoms with Gasteiger partial charge in [-0.25, -0.2) is 0 Å². The molecule has 0 fully saturated rings. The van der Waals surface area contributed by atoms with Gasteiger partial charge in [0.15, 0.2) is 0 Å². The van der Waals surface area contributed by atoms with Crippen LogP contribution in [0.2, 0.25) is 0 Å². The summed E-state index contributed by atoms with van der Waals surface area (Å²) in [6.45, 7) is 1.99. The number of para-hydroxylation sites is 1. The van der Waals surface area contributed by atoms with Crippen molar-refractivity contribution < 1.29 is 5.11 Å². The van der Waals surface area contributed by atoms with Crippen LogP contribution in [0.1, 0.15) is 18.1 Å². The molecule has 0 unspecified atom stereocenters. The largest absolute Gasteiger partial charge is 0.507 e. The van der Waals surface area contributed by atoms with E-state index in [-0.39, 0.29) is 12.3 Å². The molecule has 0 aliphatic carbocycles. The van der Waals surface area contributed by atoms with E-state index in [1.807, 2.05) is 19.1 Å². The van der Waals surface area contributed by atoms with E-state index in [4.69, 9.17) is 0 Å². The van der Waals surface area contributed by atoms with E-state index in [1.165, 1.54) is 0 Å². The summed E-state index contributed by atoms with van der Waals surface area (Å²) in [6.07, 6.45) is 0.762. The van der Waals surface area contributed by atoms with Gasteiger partial charge in [0, 0.05) is 5.56 Å². The van der Waals surface area contributed by atoms with Crippen LogP contribution in [0.4, 0.5) is 0 Å². The molecule has 3 nitrogen and oxygen atoms in total. The molecule has 12 heavy (non-hydrogen) atoms. The van der Waals surface area contributed by atoms with E-state index < -0.39 is 0 Å². The molecule has 0 atom stereocenters. The van der Waals surface area contributed by atoms with Gasteiger partial charge in [-0.15, -0.1) is 0 Å². The van der Waals surface area contributed by atoms with Crippen molar-refractivity contribution >= 4 is 0 Å². The van der Waals surface area contributed by atoms with Crippen LogP contribution in [-0.2, 0) is 13.0 Å². The average molecular weight is 165 g/mol. The van der Waals surface area contributed by atoms with Gasteiger partial charge >= 0.3 is 0 Å². The lowest BCUT2D eigenvalue weighted by Crippen LogP contribution is -1.87. The summed E-state index contributed by atoms with van der Waals surface area (Å²) < 4.78 is 0. The van der Waals surface area contributed by atoms with Crippen LogP contribution >= 0.6 is 0 Å². The highest BCUT2D eigenvalue weighted by molar-refractivity contribution is 5.40. The fourth-order valence-corrected chi connectivity index (χ4v) is 1.13. The predicted molar refractivity (Wildman–Crippen MR) is 47.0 cm³/mol. The van der Waals surface area contributed by atoms with Crippen molar-refractivity contribution in [3.63, 3.8) is 0 Å². The third kappa shape index (κ3) is 1.61. The number of hydrogen-bond acceptors (Lipinski definition) is 3. The number of aryl methyl sites for hydroxylation is 1. The SMILES string of the molecule is CCc1cccc(CN=O)c1O. The summed E-state index contributed by atoms with van der Waals surface area (Å²) in [5, 5.41) is 12.3. The van der Waals surface area contributed by atoms with E-state index in [9.17, 15) is 10.0 Å². The number of phenols is 1. The maximum atomic E-state index is 9.97. The molecule has 64 valence electrons. The zero-order valence-corrected chi connectivity index (χ0v) is 6.95. The Labute approximate surface area is 71.0 Å². The molecular weight excluding hydrogens is 154 g/mol. The number of hydrogen-bond donors (Lipinski definition) is 1. The minimum absolute atomic E-state index is 0.0413. The first kappa shape index (κ1) is 8.71. The normalized spacial score (nSPS) is 9.75. The third-order valence-corrected chi connectivity index (χ3v) is 1.82. The molecule has 0 aromatic heterocycles. The zero-order chi connectivity index (χ0) is 8.97. The standard InChI is InChI=1S/C9H11NO2/c1-2-7-4-3-5-8(6-10-12)9(7)11/h3-5,11H,2,6H2,1H3. The van der Waals surface area contributed by atoms with Gasteiger partial charge in [0.25, 0.3) is 0 Å². The van der Waals surface area contributed by atoms with Crippen LogP contribution < -0.4 is 0 Å². The van der Waals surface area contributed by atoms with Crippen LogP contribution in [0.5, 0.6) is 5.75 Å². The maximum Gasteiger partial charge on any atom is 0.123 e. The van der Waals surface area contributed by atoms with Gasteiger partial charge in [-0.3, -0.25) is 0 Å². The van der Waals surface area contributed by atoms with E-state index in [0.717, 1.165) is 12.0 Å². The Hall–Kier alpha value is -1.38. The Bertz CT molecular complexity index is 284. The summed E-state index contributed by atoms with van der Waals surface area (Å²) in [7, 11) is 0. The second-order valence-electron chi connectivity index (χ2n) is 2.57. The lowest BCUT2D eigenvalue weighted by atomic mass is 10.1. The summed E-state index contributed by atoms with van der Waals surface area (Å²) in [5.74, 6) is 0.208. The predicted octanol–water partition coefficient (Wildman–Crippen LogP) is 2.22. The van der Waals surface area contributed by atoms with Gasteiger partial charge in [-0.05, 0) is 12.0 Å². The Kier molecular flexibility index (Phi) is 2.80. The van der Waals surface area contributed by atoms with Crippen molar-refractivity contribution in [2.45, 2.75) is 19.9 Å². The van der Waals surface area contributed by atoms with Crippen LogP contribution in [0, 0.1) is 4.91 Å². The molecule has 0 saturated heterocycles. The van der Waals surface area contributed by atoms with Crippen molar-refractivity contribution in [2.75, 3.05) is 0 Å². The molecule has 0 radical (unpaired) electrons. The molecule has 0 heterocycles. The summed E-state index contributed by atoms with van der Waals surface area (Å²) in [5.41, 5.74) is 1.46. The molecule has 0 saturated carbocycles. The molecular formula is C9H11NO2. The number of aromatic hydroxyl groups is 1. The quantitative estimate of drug-likeness (QED) is 0.698. The number of nitrogens with zero attached hydrogens (tertiary/aromatic N) is 1. The van der Waals surface area contributed by atoms with Crippen LogP contribution in [0.25, 0.3) is 0 Å². The van der Waals surface area contributed by atoms with Gasteiger partial charge < -0.3 is 5.11 Å². The van der Waals surface area contributed by atoms with Crippen molar-refractivity contribution in [1.82, 2.24) is 0 Å². The fraction of sp³-hybridized carbons (Fsp3) is 0.333. The molecule has 3 heteroatoms. The van der Waals surface area contributed by atoms with Crippen molar-refractivity contribution in [3.05, 3.63) is 34.2 Å². The van der Waals surface area contributed by atoms with E-state index in [0.29, 0.717) is 5.56 Å². The highest BCUT2D eigenvalue weighted by Gasteiger charge is 2.04. The van der Waals surface area contributed by atoms with Crippen LogP contribution in [0.15, 0.2) is 23.4 Å². The van der Waals surface area contributed by atoms with E-state index in [2.05, 4.69) is 5.18 Å². The van der Waals surface area contributed by atoms with Gasteiger partial charge in [0.2, 0.25) is 0 Å². The molecule has 0 bridgehead atoms. The second kappa shape index (κ2) is 3.85. The van der Waals surface area contributed by atoms with Crippen LogP contribution in [0.3, 0.4) is 0 Å². The van der Waals surface area contributed by atoms with Crippen molar-refractivity contribution in [2.24, 2.45) is 5.18 Å².